The van der Waals surface area contributed by atoms with E-state index in [1.807, 2.05) is 30.3 Å². The summed E-state index contributed by atoms with van der Waals surface area (Å²) >= 11 is 0. The standard InChI is InChI=1S/C17H17NO/c19-17(11-13-5-2-1-3-6-13)15-8-9-16-14(12-15)7-4-10-18-16/h4-5,7-10,12H,1-3,6,11H2. The van der Waals surface area contributed by atoms with E-state index in [0.29, 0.717) is 6.42 Å². The molecule has 0 N–H and O–H groups in total. The normalized spacial score (nSPS) is 15.3. The second kappa shape index (κ2) is 5.35. The molecule has 0 atom stereocenters. The molecule has 0 unspecified atom stereocenters. The first-order valence-corrected chi connectivity index (χ1v) is 6.89. The molecule has 0 saturated heterocycles. The van der Waals surface area contributed by atoms with Crippen molar-refractivity contribution in [2.24, 2.45) is 0 Å². The zero-order valence-electron chi connectivity index (χ0n) is 10.9. The molecule has 0 aliphatic heterocycles. The predicted octanol–water partition coefficient (Wildman–Crippen LogP) is 4.31. The molecule has 0 saturated carbocycles. The van der Waals surface area contributed by atoms with Crippen molar-refractivity contribution < 1.29 is 4.79 Å². The molecule has 2 heteroatoms. The largest absolute Gasteiger partial charge is 0.294 e. The van der Waals surface area contributed by atoms with E-state index in [9.17, 15) is 4.79 Å². The van der Waals surface area contributed by atoms with Crippen molar-refractivity contribution in [3.05, 3.63) is 53.7 Å². The Kier molecular flexibility index (Phi) is 3.41. The van der Waals surface area contributed by atoms with Gasteiger partial charge < -0.3 is 0 Å². The van der Waals surface area contributed by atoms with Crippen molar-refractivity contribution in [2.45, 2.75) is 32.1 Å². The zero-order valence-corrected chi connectivity index (χ0v) is 10.9. The molecule has 19 heavy (non-hydrogen) atoms. The van der Waals surface area contributed by atoms with Crippen molar-refractivity contribution in [1.29, 1.82) is 0 Å². The number of fused-ring (bicyclic) bond motifs is 1. The van der Waals surface area contributed by atoms with Gasteiger partial charge in [0.1, 0.15) is 0 Å². The van der Waals surface area contributed by atoms with E-state index in [4.69, 9.17) is 0 Å². The number of hydrogen-bond donors (Lipinski definition) is 0. The third kappa shape index (κ3) is 2.73. The van der Waals surface area contributed by atoms with E-state index in [2.05, 4.69) is 11.1 Å². The number of aromatic nitrogens is 1. The summed E-state index contributed by atoms with van der Waals surface area (Å²) in [4.78, 5) is 16.6. The van der Waals surface area contributed by atoms with Gasteiger partial charge in [0.05, 0.1) is 5.52 Å². The van der Waals surface area contributed by atoms with Gasteiger partial charge in [0, 0.05) is 23.6 Å². The number of carbonyl (C=O) groups excluding carboxylic acids is 1. The van der Waals surface area contributed by atoms with Crippen LogP contribution in [0.1, 0.15) is 42.5 Å². The summed E-state index contributed by atoms with van der Waals surface area (Å²) in [6, 6.07) is 9.67. The van der Waals surface area contributed by atoms with Gasteiger partial charge in [-0.1, -0.05) is 17.7 Å². The maximum absolute atomic E-state index is 12.3. The molecule has 0 bridgehead atoms. The first kappa shape index (κ1) is 12.1. The van der Waals surface area contributed by atoms with Crippen molar-refractivity contribution in [3.8, 4) is 0 Å². The molecular formula is C17H17NO. The smallest absolute Gasteiger partial charge is 0.166 e. The number of nitrogens with zero attached hydrogens (tertiary/aromatic N) is 1. The fourth-order valence-electron chi connectivity index (χ4n) is 2.62. The summed E-state index contributed by atoms with van der Waals surface area (Å²) in [6.45, 7) is 0. The van der Waals surface area contributed by atoms with Crippen molar-refractivity contribution in [1.82, 2.24) is 4.98 Å². The van der Waals surface area contributed by atoms with Crippen molar-refractivity contribution in [3.63, 3.8) is 0 Å². The minimum Gasteiger partial charge on any atom is -0.294 e. The molecule has 0 amide bonds. The summed E-state index contributed by atoms with van der Waals surface area (Å²) in [5.74, 6) is 0.221. The first-order valence-electron chi connectivity index (χ1n) is 6.89. The highest BCUT2D eigenvalue weighted by molar-refractivity contribution is 6.00. The van der Waals surface area contributed by atoms with Crippen LogP contribution in [0.25, 0.3) is 10.9 Å². The maximum Gasteiger partial charge on any atom is 0.166 e. The Bertz CT molecular complexity index is 643. The van der Waals surface area contributed by atoms with Crippen molar-refractivity contribution >= 4 is 16.7 Å². The average molecular weight is 251 g/mol. The van der Waals surface area contributed by atoms with Crippen LogP contribution in [0.3, 0.4) is 0 Å². The zero-order chi connectivity index (χ0) is 13.1. The number of Topliss-reactive ketones (excluding diaryl/α,β-unsaturated/α-hetero) is 1. The highest BCUT2D eigenvalue weighted by atomic mass is 16.1. The molecule has 1 aliphatic carbocycles. The van der Waals surface area contributed by atoms with E-state index < -0.39 is 0 Å². The maximum atomic E-state index is 12.3. The Morgan fingerprint density at radius 1 is 1.21 bits per heavy atom. The fourth-order valence-corrected chi connectivity index (χ4v) is 2.62. The first-order chi connectivity index (χ1) is 9.33. The van der Waals surface area contributed by atoms with E-state index in [1.165, 1.54) is 18.4 Å². The van der Waals surface area contributed by atoms with Gasteiger partial charge in [-0.25, -0.2) is 0 Å². The highest BCUT2D eigenvalue weighted by Gasteiger charge is 2.11. The minimum atomic E-state index is 0.221. The summed E-state index contributed by atoms with van der Waals surface area (Å²) in [5.41, 5.74) is 3.05. The molecule has 0 radical (unpaired) electrons. The lowest BCUT2D eigenvalue weighted by Crippen LogP contribution is -2.03. The Morgan fingerprint density at radius 2 is 2.16 bits per heavy atom. The van der Waals surface area contributed by atoms with Gasteiger partial charge in [-0.2, -0.15) is 0 Å². The van der Waals surface area contributed by atoms with Crippen LogP contribution in [0.4, 0.5) is 0 Å². The lowest BCUT2D eigenvalue weighted by Gasteiger charge is -2.12. The van der Waals surface area contributed by atoms with Gasteiger partial charge in [-0.15, -0.1) is 0 Å². The van der Waals surface area contributed by atoms with Gasteiger partial charge in [0.15, 0.2) is 5.78 Å². The van der Waals surface area contributed by atoms with Crippen molar-refractivity contribution in [2.75, 3.05) is 0 Å². The highest BCUT2D eigenvalue weighted by Crippen LogP contribution is 2.22. The molecular weight excluding hydrogens is 234 g/mol. The third-order valence-corrected chi connectivity index (χ3v) is 3.70. The van der Waals surface area contributed by atoms with Crippen LogP contribution < -0.4 is 0 Å². The predicted molar refractivity (Wildman–Crippen MR) is 77.2 cm³/mol. The summed E-state index contributed by atoms with van der Waals surface area (Å²) in [7, 11) is 0. The second-order valence-electron chi connectivity index (χ2n) is 5.12. The molecule has 1 aromatic carbocycles. The third-order valence-electron chi connectivity index (χ3n) is 3.70. The molecule has 1 heterocycles. The second-order valence-corrected chi connectivity index (χ2v) is 5.12. The van der Waals surface area contributed by atoms with Gasteiger partial charge in [0.25, 0.3) is 0 Å². The Morgan fingerprint density at radius 3 is 3.00 bits per heavy atom. The number of hydrogen-bond acceptors (Lipinski definition) is 2. The van der Waals surface area contributed by atoms with Crippen LogP contribution >= 0.6 is 0 Å². The van der Waals surface area contributed by atoms with E-state index in [1.54, 1.807) is 6.20 Å². The summed E-state index contributed by atoms with van der Waals surface area (Å²) in [6.07, 6.45) is 9.29. The topological polar surface area (TPSA) is 30.0 Å². The SMILES string of the molecule is O=C(CC1=CCCCC1)c1ccc2ncccc2c1. The average Bonchev–Trinajstić information content (AvgIpc) is 2.48. The van der Waals surface area contributed by atoms with Crippen LogP contribution in [0.2, 0.25) is 0 Å². The quantitative estimate of drug-likeness (QED) is 0.601. The molecule has 2 nitrogen and oxygen atoms in total. The Hall–Kier alpha value is -1.96. The molecule has 0 fully saturated rings. The van der Waals surface area contributed by atoms with E-state index in [0.717, 1.165) is 29.3 Å². The Labute approximate surface area is 113 Å². The monoisotopic (exact) mass is 251 g/mol. The van der Waals surface area contributed by atoms with Gasteiger partial charge in [-0.05, 0) is 49.9 Å². The lowest BCUT2D eigenvalue weighted by atomic mass is 9.93. The number of allylic oxidation sites excluding steroid dienone is 2. The molecule has 1 aliphatic rings. The summed E-state index contributed by atoms with van der Waals surface area (Å²) < 4.78 is 0. The number of ketones is 1. The number of carbonyl (C=O) groups is 1. The van der Waals surface area contributed by atoms with Crippen LogP contribution in [0.15, 0.2) is 48.2 Å². The molecule has 2 aromatic rings. The van der Waals surface area contributed by atoms with Gasteiger partial charge in [-0.3, -0.25) is 9.78 Å². The number of rotatable bonds is 3. The molecule has 1 aromatic heterocycles. The number of benzene rings is 1. The van der Waals surface area contributed by atoms with E-state index in [-0.39, 0.29) is 5.78 Å². The molecule has 3 rings (SSSR count). The van der Waals surface area contributed by atoms with E-state index >= 15 is 0 Å². The fraction of sp³-hybridized carbons (Fsp3) is 0.294. The number of pyridine rings is 1. The molecule has 0 spiro atoms. The van der Waals surface area contributed by atoms with Gasteiger partial charge >= 0.3 is 0 Å². The lowest BCUT2D eigenvalue weighted by molar-refractivity contribution is 0.0991. The van der Waals surface area contributed by atoms with Crippen LogP contribution in [0, 0.1) is 0 Å². The van der Waals surface area contributed by atoms with Crippen LogP contribution in [0.5, 0.6) is 0 Å². The van der Waals surface area contributed by atoms with Crippen LogP contribution in [-0.2, 0) is 0 Å². The summed E-state index contributed by atoms with van der Waals surface area (Å²) in [5, 5.41) is 1.03. The van der Waals surface area contributed by atoms with Gasteiger partial charge in [0.2, 0.25) is 0 Å². The minimum absolute atomic E-state index is 0.221. The van der Waals surface area contributed by atoms with Crippen LogP contribution in [-0.4, -0.2) is 10.8 Å². The Balaban J connectivity index is 1.83. The molecule has 96 valence electrons.